The molecule has 126 valence electrons. The van der Waals surface area contributed by atoms with E-state index in [9.17, 15) is 0 Å². The van der Waals surface area contributed by atoms with Gasteiger partial charge in [-0.05, 0) is 45.5 Å². The number of rotatable bonds is 3. The Balaban J connectivity index is 2.21. The molecule has 1 aliphatic rings. The SMILES string of the molecule is CNC(C)N1C(=N)CN=C(c2ccc(Cl)cc2)c2c1sc(C)c2C. The van der Waals surface area contributed by atoms with Crippen LogP contribution in [0.25, 0.3) is 0 Å². The number of thiophene rings is 1. The fourth-order valence-corrected chi connectivity index (χ4v) is 4.26. The lowest BCUT2D eigenvalue weighted by Gasteiger charge is -2.29. The summed E-state index contributed by atoms with van der Waals surface area (Å²) < 4.78 is 0. The molecule has 2 N–H and O–H groups in total. The smallest absolute Gasteiger partial charge is 0.124 e. The number of aryl methyl sites for hydroxylation is 1. The van der Waals surface area contributed by atoms with E-state index < -0.39 is 0 Å². The van der Waals surface area contributed by atoms with Crippen molar-refractivity contribution in [2.75, 3.05) is 18.5 Å². The van der Waals surface area contributed by atoms with E-state index in [2.05, 4.69) is 26.1 Å². The van der Waals surface area contributed by atoms with Crippen molar-refractivity contribution < 1.29 is 0 Å². The van der Waals surface area contributed by atoms with Gasteiger partial charge in [0, 0.05) is 21.0 Å². The summed E-state index contributed by atoms with van der Waals surface area (Å²) in [4.78, 5) is 8.08. The highest BCUT2D eigenvalue weighted by molar-refractivity contribution is 7.17. The van der Waals surface area contributed by atoms with Crippen molar-refractivity contribution in [1.82, 2.24) is 5.32 Å². The summed E-state index contributed by atoms with van der Waals surface area (Å²) in [5, 5.41) is 13.5. The number of halogens is 1. The third-order valence-corrected chi connectivity index (χ3v) is 5.88. The third-order valence-electron chi connectivity index (χ3n) is 4.42. The number of aliphatic imine (C=N–C) groups is 1. The summed E-state index contributed by atoms with van der Waals surface area (Å²) >= 11 is 7.76. The zero-order valence-corrected chi connectivity index (χ0v) is 15.8. The van der Waals surface area contributed by atoms with Gasteiger partial charge in [0.2, 0.25) is 0 Å². The lowest BCUT2D eigenvalue weighted by molar-refractivity contribution is 0.629. The van der Waals surface area contributed by atoms with Crippen LogP contribution in [-0.2, 0) is 0 Å². The van der Waals surface area contributed by atoms with Crippen molar-refractivity contribution in [1.29, 1.82) is 5.41 Å². The molecule has 4 nitrogen and oxygen atoms in total. The Morgan fingerprint density at radius 1 is 1.29 bits per heavy atom. The molecule has 0 fully saturated rings. The normalized spacial score (nSPS) is 15.8. The molecular weight excluding hydrogens is 340 g/mol. The molecule has 1 aromatic carbocycles. The Bertz CT molecular complexity index is 807. The largest absolute Gasteiger partial charge is 0.304 e. The van der Waals surface area contributed by atoms with Crippen molar-refractivity contribution >= 4 is 39.5 Å². The van der Waals surface area contributed by atoms with Gasteiger partial charge in [-0.1, -0.05) is 23.7 Å². The van der Waals surface area contributed by atoms with Crippen molar-refractivity contribution in [2.24, 2.45) is 4.99 Å². The molecule has 0 saturated heterocycles. The van der Waals surface area contributed by atoms with E-state index in [1.165, 1.54) is 10.4 Å². The molecule has 0 bridgehead atoms. The summed E-state index contributed by atoms with van der Waals surface area (Å²) in [6.45, 7) is 6.69. The molecule has 0 aliphatic carbocycles. The molecule has 0 amide bonds. The van der Waals surface area contributed by atoms with Crippen LogP contribution in [0.3, 0.4) is 0 Å². The van der Waals surface area contributed by atoms with E-state index in [1.807, 2.05) is 36.2 Å². The van der Waals surface area contributed by atoms with Gasteiger partial charge in [-0.3, -0.25) is 10.4 Å². The third kappa shape index (κ3) is 2.88. The standard InChI is InChI=1S/C18H21ClN4S/c1-10-11(2)24-18-16(10)17(13-5-7-14(19)8-6-13)22-9-15(20)23(18)12(3)21-4/h5-8,12,20-21H,9H2,1-4H3. The molecule has 6 heteroatoms. The average molecular weight is 361 g/mol. The number of nitrogens with zero attached hydrogens (tertiary/aromatic N) is 2. The predicted molar refractivity (Wildman–Crippen MR) is 104 cm³/mol. The highest BCUT2D eigenvalue weighted by atomic mass is 35.5. The molecule has 1 unspecified atom stereocenters. The Kier molecular flexibility index (Phi) is 4.76. The van der Waals surface area contributed by atoms with Crippen LogP contribution in [0.4, 0.5) is 5.00 Å². The first-order valence-electron chi connectivity index (χ1n) is 7.88. The van der Waals surface area contributed by atoms with Crippen molar-refractivity contribution in [3.8, 4) is 0 Å². The van der Waals surface area contributed by atoms with Crippen LogP contribution in [0, 0.1) is 19.3 Å². The fourth-order valence-electron chi connectivity index (χ4n) is 2.87. The fraction of sp³-hybridized carbons (Fsp3) is 0.333. The van der Waals surface area contributed by atoms with E-state index in [4.69, 9.17) is 22.0 Å². The molecule has 1 aliphatic heterocycles. The van der Waals surface area contributed by atoms with E-state index in [0.717, 1.165) is 21.8 Å². The maximum atomic E-state index is 8.48. The topological polar surface area (TPSA) is 51.5 Å². The minimum Gasteiger partial charge on any atom is -0.304 e. The summed E-state index contributed by atoms with van der Waals surface area (Å²) in [6, 6.07) is 7.77. The van der Waals surface area contributed by atoms with Crippen LogP contribution >= 0.6 is 22.9 Å². The molecule has 0 radical (unpaired) electrons. The molecule has 24 heavy (non-hydrogen) atoms. The van der Waals surface area contributed by atoms with Crippen LogP contribution in [-0.4, -0.2) is 31.3 Å². The van der Waals surface area contributed by atoms with Gasteiger partial charge >= 0.3 is 0 Å². The summed E-state index contributed by atoms with van der Waals surface area (Å²) in [5.74, 6) is 0.503. The Labute approximate surface area is 151 Å². The Hall–Kier alpha value is -1.69. The molecular formula is C18H21ClN4S. The van der Waals surface area contributed by atoms with Gasteiger partial charge in [-0.2, -0.15) is 0 Å². The second-order valence-electron chi connectivity index (χ2n) is 5.92. The molecule has 0 spiro atoms. The zero-order chi connectivity index (χ0) is 17.4. The van der Waals surface area contributed by atoms with Crippen LogP contribution in [0.15, 0.2) is 29.3 Å². The second kappa shape index (κ2) is 6.67. The van der Waals surface area contributed by atoms with E-state index in [-0.39, 0.29) is 6.17 Å². The number of anilines is 1. The minimum absolute atomic E-state index is 0.0356. The first-order chi connectivity index (χ1) is 11.4. The number of benzene rings is 1. The van der Waals surface area contributed by atoms with Gasteiger partial charge in [-0.15, -0.1) is 11.3 Å². The van der Waals surface area contributed by atoms with Gasteiger partial charge in [0.25, 0.3) is 0 Å². The zero-order valence-electron chi connectivity index (χ0n) is 14.3. The first-order valence-corrected chi connectivity index (χ1v) is 9.08. The second-order valence-corrected chi connectivity index (χ2v) is 7.56. The van der Waals surface area contributed by atoms with Crippen molar-refractivity contribution in [2.45, 2.75) is 26.9 Å². The molecule has 0 saturated carbocycles. The van der Waals surface area contributed by atoms with Gasteiger partial charge < -0.3 is 10.2 Å². The lowest BCUT2D eigenvalue weighted by Crippen LogP contribution is -2.46. The Morgan fingerprint density at radius 3 is 2.58 bits per heavy atom. The predicted octanol–water partition coefficient (Wildman–Crippen LogP) is 4.22. The number of fused-ring (bicyclic) bond motifs is 1. The van der Waals surface area contributed by atoms with Crippen LogP contribution < -0.4 is 10.2 Å². The highest BCUT2D eigenvalue weighted by Crippen LogP contribution is 2.39. The molecule has 3 rings (SSSR count). The monoisotopic (exact) mass is 360 g/mol. The summed E-state index contributed by atoms with van der Waals surface area (Å²) in [6.07, 6.45) is 0.0356. The molecule has 1 aromatic heterocycles. The van der Waals surface area contributed by atoms with E-state index in [0.29, 0.717) is 17.4 Å². The van der Waals surface area contributed by atoms with E-state index in [1.54, 1.807) is 11.3 Å². The number of hydrogen-bond acceptors (Lipinski definition) is 4. The molecule has 2 heterocycles. The van der Waals surface area contributed by atoms with Gasteiger partial charge in [0.05, 0.1) is 18.4 Å². The van der Waals surface area contributed by atoms with Gasteiger partial charge in [-0.25, -0.2) is 0 Å². The van der Waals surface area contributed by atoms with Crippen LogP contribution in [0.2, 0.25) is 5.02 Å². The quantitative estimate of drug-likeness (QED) is 0.861. The van der Waals surface area contributed by atoms with Crippen molar-refractivity contribution in [3.05, 3.63) is 50.9 Å². The van der Waals surface area contributed by atoms with E-state index >= 15 is 0 Å². The molecule has 1 atom stereocenters. The first kappa shape index (κ1) is 17.1. The van der Waals surface area contributed by atoms with Crippen LogP contribution in [0.5, 0.6) is 0 Å². The maximum absolute atomic E-state index is 8.48. The number of amidine groups is 1. The number of nitrogens with one attached hydrogen (secondary N) is 2. The maximum Gasteiger partial charge on any atom is 0.124 e. The summed E-state index contributed by atoms with van der Waals surface area (Å²) in [7, 11) is 1.91. The van der Waals surface area contributed by atoms with Gasteiger partial charge in [0.15, 0.2) is 0 Å². The Morgan fingerprint density at radius 2 is 1.96 bits per heavy atom. The molecule has 2 aromatic rings. The van der Waals surface area contributed by atoms with Crippen molar-refractivity contribution in [3.63, 3.8) is 0 Å². The van der Waals surface area contributed by atoms with Crippen LogP contribution in [0.1, 0.15) is 28.5 Å². The average Bonchev–Trinajstić information content (AvgIpc) is 2.76. The number of hydrogen-bond donors (Lipinski definition) is 2. The summed E-state index contributed by atoms with van der Waals surface area (Å²) in [5.41, 5.74) is 4.34. The lowest BCUT2D eigenvalue weighted by atomic mass is 10.00. The highest BCUT2D eigenvalue weighted by Gasteiger charge is 2.30. The van der Waals surface area contributed by atoms with Gasteiger partial charge in [0.1, 0.15) is 10.8 Å². The minimum atomic E-state index is 0.0356.